The molecule has 4 rings (SSSR count). The highest BCUT2D eigenvalue weighted by molar-refractivity contribution is 6.30. The SMILES string of the molecule is Cc1cc(Cc2cccc(Cl)c2)cc([C@H]2CCCN(C(=O)Cn3nc(C)nc3C)C2)n1. The number of carbonyl (C=O) groups excluding carboxylic acids is 1. The first-order valence-corrected chi connectivity index (χ1v) is 11.1. The molecule has 162 valence electrons. The topological polar surface area (TPSA) is 63.9 Å². The number of halogens is 1. The van der Waals surface area contributed by atoms with Crippen molar-refractivity contribution in [1.82, 2.24) is 24.6 Å². The number of nitrogens with zero attached hydrogens (tertiary/aromatic N) is 5. The number of pyridine rings is 1. The van der Waals surface area contributed by atoms with Crippen LogP contribution < -0.4 is 0 Å². The Morgan fingerprint density at radius 3 is 2.71 bits per heavy atom. The van der Waals surface area contributed by atoms with Gasteiger partial charge in [-0.15, -0.1) is 0 Å². The lowest BCUT2D eigenvalue weighted by Gasteiger charge is -2.33. The smallest absolute Gasteiger partial charge is 0.244 e. The zero-order valence-electron chi connectivity index (χ0n) is 18.3. The first kappa shape index (κ1) is 21.5. The molecule has 6 nitrogen and oxygen atoms in total. The summed E-state index contributed by atoms with van der Waals surface area (Å²) in [6.45, 7) is 7.47. The third kappa shape index (κ3) is 5.31. The van der Waals surface area contributed by atoms with E-state index in [1.54, 1.807) is 4.68 Å². The molecule has 0 N–H and O–H groups in total. The lowest BCUT2D eigenvalue weighted by atomic mass is 9.92. The summed E-state index contributed by atoms with van der Waals surface area (Å²) in [6, 6.07) is 12.3. The van der Waals surface area contributed by atoms with Gasteiger partial charge in [0.1, 0.15) is 18.2 Å². The van der Waals surface area contributed by atoms with E-state index in [9.17, 15) is 4.79 Å². The minimum Gasteiger partial charge on any atom is -0.340 e. The molecule has 1 aromatic carbocycles. The highest BCUT2D eigenvalue weighted by atomic mass is 35.5. The second-order valence-corrected chi connectivity index (χ2v) is 8.83. The van der Waals surface area contributed by atoms with Crippen LogP contribution in [-0.2, 0) is 17.8 Å². The van der Waals surface area contributed by atoms with E-state index in [-0.39, 0.29) is 18.4 Å². The molecule has 0 unspecified atom stereocenters. The van der Waals surface area contributed by atoms with E-state index in [0.717, 1.165) is 48.0 Å². The van der Waals surface area contributed by atoms with Crippen LogP contribution >= 0.6 is 11.6 Å². The van der Waals surface area contributed by atoms with E-state index in [4.69, 9.17) is 16.6 Å². The van der Waals surface area contributed by atoms with E-state index in [2.05, 4.69) is 28.3 Å². The van der Waals surface area contributed by atoms with Crippen LogP contribution in [0.5, 0.6) is 0 Å². The van der Waals surface area contributed by atoms with E-state index in [1.807, 2.05) is 43.9 Å². The van der Waals surface area contributed by atoms with Gasteiger partial charge in [-0.1, -0.05) is 23.7 Å². The number of piperidine rings is 1. The Hall–Kier alpha value is -2.73. The Morgan fingerprint density at radius 1 is 1.13 bits per heavy atom. The molecule has 3 aromatic rings. The first-order valence-electron chi connectivity index (χ1n) is 10.7. The van der Waals surface area contributed by atoms with Gasteiger partial charge in [-0.2, -0.15) is 5.10 Å². The quantitative estimate of drug-likeness (QED) is 0.598. The molecule has 0 bridgehead atoms. The van der Waals surface area contributed by atoms with Crippen molar-refractivity contribution in [2.24, 2.45) is 0 Å². The molecule has 0 spiro atoms. The van der Waals surface area contributed by atoms with Crippen LogP contribution in [0.15, 0.2) is 36.4 Å². The van der Waals surface area contributed by atoms with Gasteiger partial charge in [0.05, 0.1) is 0 Å². The van der Waals surface area contributed by atoms with Gasteiger partial charge in [0.2, 0.25) is 5.91 Å². The summed E-state index contributed by atoms with van der Waals surface area (Å²) in [6.07, 6.45) is 2.83. The van der Waals surface area contributed by atoms with Crippen LogP contribution in [0.4, 0.5) is 0 Å². The molecule has 3 heterocycles. The summed E-state index contributed by atoms with van der Waals surface area (Å²) in [7, 11) is 0. The third-order valence-corrected chi connectivity index (χ3v) is 6.01. The van der Waals surface area contributed by atoms with E-state index >= 15 is 0 Å². The molecule has 0 saturated carbocycles. The number of amides is 1. The van der Waals surface area contributed by atoms with Crippen molar-refractivity contribution in [3.8, 4) is 0 Å². The normalized spacial score (nSPS) is 16.5. The lowest BCUT2D eigenvalue weighted by molar-refractivity contribution is -0.133. The van der Waals surface area contributed by atoms with E-state index in [0.29, 0.717) is 12.4 Å². The molecule has 1 saturated heterocycles. The summed E-state index contributed by atoms with van der Waals surface area (Å²) in [5, 5.41) is 5.08. The van der Waals surface area contributed by atoms with Gasteiger partial charge in [-0.05, 0) is 75.4 Å². The number of likely N-dealkylation sites (tertiary alicyclic amines) is 1. The third-order valence-electron chi connectivity index (χ3n) is 5.77. The Labute approximate surface area is 188 Å². The highest BCUT2D eigenvalue weighted by Gasteiger charge is 2.26. The average Bonchev–Trinajstić information content (AvgIpc) is 3.04. The second-order valence-electron chi connectivity index (χ2n) is 8.39. The number of hydrogen-bond donors (Lipinski definition) is 0. The number of hydrogen-bond acceptors (Lipinski definition) is 4. The van der Waals surface area contributed by atoms with Crippen molar-refractivity contribution >= 4 is 17.5 Å². The van der Waals surface area contributed by atoms with Crippen LogP contribution in [0.25, 0.3) is 0 Å². The predicted octanol–water partition coefficient (Wildman–Crippen LogP) is 4.25. The van der Waals surface area contributed by atoms with Gasteiger partial charge >= 0.3 is 0 Å². The highest BCUT2D eigenvalue weighted by Crippen LogP contribution is 2.27. The maximum atomic E-state index is 12.9. The van der Waals surface area contributed by atoms with E-state index < -0.39 is 0 Å². The van der Waals surface area contributed by atoms with Gasteiger partial charge in [0.15, 0.2) is 0 Å². The molecule has 2 aromatic heterocycles. The van der Waals surface area contributed by atoms with Gasteiger partial charge in [-0.3, -0.25) is 9.78 Å². The molecule has 0 radical (unpaired) electrons. The van der Waals surface area contributed by atoms with Gasteiger partial charge in [-0.25, -0.2) is 9.67 Å². The summed E-state index contributed by atoms with van der Waals surface area (Å²) in [4.78, 5) is 24.0. The lowest BCUT2D eigenvalue weighted by Crippen LogP contribution is -2.41. The molecule has 1 fully saturated rings. The average molecular weight is 438 g/mol. The predicted molar refractivity (Wildman–Crippen MR) is 121 cm³/mol. The number of rotatable bonds is 5. The minimum absolute atomic E-state index is 0.0875. The van der Waals surface area contributed by atoms with Gasteiger partial charge in [0, 0.05) is 35.4 Å². The van der Waals surface area contributed by atoms with Crippen molar-refractivity contribution in [1.29, 1.82) is 0 Å². The van der Waals surface area contributed by atoms with Crippen molar-refractivity contribution in [3.63, 3.8) is 0 Å². The van der Waals surface area contributed by atoms with Crippen LogP contribution in [0.2, 0.25) is 5.02 Å². The maximum Gasteiger partial charge on any atom is 0.244 e. The number of benzene rings is 1. The van der Waals surface area contributed by atoms with Gasteiger partial charge < -0.3 is 4.90 Å². The first-order chi connectivity index (χ1) is 14.9. The minimum atomic E-state index is 0.0875. The second kappa shape index (κ2) is 9.18. The molecule has 7 heteroatoms. The molecule has 1 aliphatic heterocycles. The van der Waals surface area contributed by atoms with Crippen molar-refractivity contribution in [2.75, 3.05) is 13.1 Å². The van der Waals surface area contributed by atoms with E-state index in [1.165, 1.54) is 11.1 Å². The summed E-state index contributed by atoms with van der Waals surface area (Å²) < 4.78 is 1.69. The Balaban J connectivity index is 1.48. The monoisotopic (exact) mass is 437 g/mol. The molecule has 1 amide bonds. The largest absolute Gasteiger partial charge is 0.340 e. The van der Waals surface area contributed by atoms with Crippen molar-refractivity contribution in [3.05, 3.63) is 75.6 Å². The molecule has 1 atom stereocenters. The zero-order chi connectivity index (χ0) is 22.0. The van der Waals surface area contributed by atoms with Gasteiger partial charge in [0.25, 0.3) is 0 Å². The molecule has 31 heavy (non-hydrogen) atoms. The van der Waals surface area contributed by atoms with Crippen LogP contribution in [0.1, 0.15) is 52.9 Å². The number of aromatic nitrogens is 4. The maximum absolute atomic E-state index is 12.9. The summed E-state index contributed by atoms with van der Waals surface area (Å²) in [5.41, 5.74) is 4.49. The standard InChI is InChI=1S/C24H28ClN5O/c1-16-10-20(11-19-6-4-8-22(25)12-19)13-23(26-16)21-7-5-9-29(14-21)24(31)15-30-18(3)27-17(2)28-30/h4,6,8,10,12-13,21H,5,7,9,11,14-15H2,1-3H3/t21-/m0/s1. The van der Waals surface area contributed by atoms with Crippen molar-refractivity contribution < 1.29 is 4.79 Å². The summed E-state index contributed by atoms with van der Waals surface area (Å²) in [5.74, 6) is 1.79. The Bertz CT molecular complexity index is 1090. The number of carbonyl (C=O) groups is 1. The fourth-order valence-electron chi connectivity index (χ4n) is 4.35. The van der Waals surface area contributed by atoms with Crippen LogP contribution in [-0.4, -0.2) is 43.6 Å². The van der Waals surface area contributed by atoms with Crippen LogP contribution in [0.3, 0.4) is 0 Å². The Kier molecular flexibility index (Phi) is 6.37. The fraction of sp³-hybridized carbons (Fsp3) is 0.417. The number of aryl methyl sites for hydroxylation is 3. The molecule has 1 aliphatic rings. The van der Waals surface area contributed by atoms with Crippen molar-refractivity contribution in [2.45, 2.75) is 52.5 Å². The fourth-order valence-corrected chi connectivity index (χ4v) is 4.56. The molecular formula is C24H28ClN5O. The summed E-state index contributed by atoms with van der Waals surface area (Å²) >= 11 is 6.15. The van der Waals surface area contributed by atoms with Crippen LogP contribution in [0, 0.1) is 20.8 Å². The molecule has 0 aliphatic carbocycles. The zero-order valence-corrected chi connectivity index (χ0v) is 19.1. The molecular weight excluding hydrogens is 410 g/mol. The Morgan fingerprint density at radius 2 is 1.97 bits per heavy atom.